The number of ether oxygens (including phenoxy) is 2. The lowest BCUT2D eigenvalue weighted by atomic mass is 9.73. The summed E-state index contributed by atoms with van der Waals surface area (Å²) in [5, 5.41) is 24.2. The molecule has 0 aliphatic carbocycles. The van der Waals surface area contributed by atoms with Crippen molar-refractivity contribution in [3.05, 3.63) is 106 Å². The topological polar surface area (TPSA) is 117 Å². The average molecular weight is 843 g/mol. The molecule has 9 nitrogen and oxygen atoms in total. The van der Waals surface area contributed by atoms with Crippen molar-refractivity contribution >= 4 is 29.3 Å². The summed E-state index contributed by atoms with van der Waals surface area (Å²) in [4.78, 5) is 31.9. The van der Waals surface area contributed by atoms with Gasteiger partial charge in [0.1, 0.15) is 23.4 Å². The van der Waals surface area contributed by atoms with Crippen LogP contribution in [0.5, 0.6) is 17.2 Å². The molecule has 6 atom stereocenters. The molecule has 2 unspecified atom stereocenters. The summed E-state index contributed by atoms with van der Waals surface area (Å²) in [6.45, 7) is 31.1. The van der Waals surface area contributed by atoms with Crippen molar-refractivity contribution in [2.24, 2.45) is 21.8 Å². The Bertz CT molecular complexity index is 2350. The second-order valence-electron chi connectivity index (χ2n) is 21.6. The van der Waals surface area contributed by atoms with E-state index >= 15 is 0 Å². The molecule has 7 rings (SSSR count). The van der Waals surface area contributed by atoms with Crippen LogP contribution >= 0.6 is 0 Å². The number of rotatable bonds is 11. The van der Waals surface area contributed by atoms with Crippen LogP contribution in [0, 0.1) is 11.8 Å². The lowest BCUT2D eigenvalue weighted by Gasteiger charge is -2.51. The van der Waals surface area contributed by atoms with E-state index in [1.165, 1.54) is 0 Å². The maximum absolute atomic E-state index is 15.0. The molecule has 3 fully saturated rings. The van der Waals surface area contributed by atoms with Gasteiger partial charge in [0.15, 0.2) is 6.04 Å². The third kappa shape index (κ3) is 10.1. The first-order valence-electron chi connectivity index (χ1n) is 22.2. The smallest absolute Gasteiger partial charge is 0.333 e. The maximum atomic E-state index is 15.0. The predicted octanol–water partition coefficient (Wildman–Crippen LogP) is 10.9. The normalized spacial score (nSPS) is 20.8. The number of pyridine rings is 1. The fraction of sp³-hybridized carbons (Fsp3) is 0.509. The molecule has 1 aromatic heterocycles. The Hall–Kier alpha value is -5.02. The van der Waals surface area contributed by atoms with E-state index in [2.05, 4.69) is 118 Å². The molecule has 332 valence electrons. The van der Waals surface area contributed by atoms with E-state index in [0.29, 0.717) is 28.7 Å². The number of hydrogen-bond acceptors (Lipinski definition) is 9. The Labute approximate surface area is 370 Å². The zero-order chi connectivity index (χ0) is 45.5. The molecule has 2 bridgehead atoms. The molecule has 3 aromatic carbocycles. The molecule has 0 saturated carbocycles. The number of aliphatic imine (C=N–C) groups is 2. The standard InChI is InChI=1S/C53H70N4O5/c1-15-32-31-57-21-19-33(32)24-45(57)48(39-18-20-55-43-17-16-38(61-14)27-40(39)43)62-49(60)44(56-29-35-23-37(51(5,6)7)26-42(47(35)59)53(11,12)13)30-54-28-34-22-36(50(2,3)4)25-41(46(34)58)52(8,9)10/h15-18,20,22-23,25-29,32-33,44-45,48,58-59H,1,19,21,24,30-31H2,2-14H3/t32-,33-,44?,45-,48+/m0/s1. The molecule has 0 radical (unpaired) electrons. The number of methoxy groups -OCH3 is 1. The fourth-order valence-corrected chi connectivity index (χ4v) is 8.89. The number of piperidine rings is 3. The first-order chi connectivity index (χ1) is 28.9. The number of phenolic OH excluding ortho intramolecular Hbond substituents is 2. The van der Waals surface area contributed by atoms with E-state index < -0.39 is 18.1 Å². The average Bonchev–Trinajstić information content (AvgIpc) is 3.20. The third-order valence-electron chi connectivity index (χ3n) is 12.8. The quantitative estimate of drug-likeness (QED) is 0.0877. The Balaban J connectivity index is 1.46. The van der Waals surface area contributed by atoms with Crippen molar-refractivity contribution in [2.75, 3.05) is 26.7 Å². The van der Waals surface area contributed by atoms with Gasteiger partial charge < -0.3 is 19.7 Å². The highest BCUT2D eigenvalue weighted by Crippen LogP contribution is 2.44. The molecule has 4 heterocycles. The van der Waals surface area contributed by atoms with Crippen LogP contribution in [0.3, 0.4) is 0 Å². The number of hydrogen-bond donors (Lipinski definition) is 2. The third-order valence-corrected chi connectivity index (χ3v) is 12.8. The van der Waals surface area contributed by atoms with Gasteiger partial charge in [-0.1, -0.05) is 101 Å². The molecular formula is C53H70N4O5. The van der Waals surface area contributed by atoms with E-state index in [9.17, 15) is 15.0 Å². The lowest BCUT2D eigenvalue weighted by Crippen LogP contribution is -2.55. The summed E-state index contributed by atoms with van der Waals surface area (Å²) in [5.74, 6) is 1.24. The number of phenols is 2. The first-order valence-corrected chi connectivity index (χ1v) is 22.2. The van der Waals surface area contributed by atoms with Gasteiger partial charge in [0.25, 0.3) is 0 Å². The van der Waals surface area contributed by atoms with Gasteiger partial charge in [-0.15, -0.1) is 6.58 Å². The van der Waals surface area contributed by atoms with E-state index in [4.69, 9.17) is 19.5 Å². The highest BCUT2D eigenvalue weighted by molar-refractivity contribution is 5.89. The van der Waals surface area contributed by atoms with Crippen LogP contribution in [-0.4, -0.2) is 77.3 Å². The van der Waals surface area contributed by atoms with Crippen molar-refractivity contribution in [1.82, 2.24) is 9.88 Å². The summed E-state index contributed by atoms with van der Waals surface area (Å²) in [6.07, 6.45) is 8.34. The minimum absolute atomic E-state index is 0.0571. The van der Waals surface area contributed by atoms with Gasteiger partial charge in [-0.25, -0.2) is 4.79 Å². The van der Waals surface area contributed by atoms with Gasteiger partial charge in [0.2, 0.25) is 0 Å². The van der Waals surface area contributed by atoms with Crippen LogP contribution in [0.4, 0.5) is 0 Å². The number of carbonyl (C=O) groups is 1. The molecule has 4 aromatic rings. The van der Waals surface area contributed by atoms with Crippen LogP contribution in [0.25, 0.3) is 10.9 Å². The van der Waals surface area contributed by atoms with Gasteiger partial charge in [-0.05, 0) is 100 Å². The number of aromatic nitrogens is 1. The number of carbonyl (C=O) groups excluding carboxylic acids is 1. The van der Waals surface area contributed by atoms with Crippen molar-refractivity contribution in [3.8, 4) is 17.2 Å². The van der Waals surface area contributed by atoms with Gasteiger partial charge in [0.05, 0.1) is 25.2 Å². The minimum atomic E-state index is -1.08. The van der Waals surface area contributed by atoms with Crippen molar-refractivity contribution in [3.63, 3.8) is 0 Å². The highest BCUT2D eigenvalue weighted by Gasteiger charge is 2.45. The summed E-state index contributed by atoms with van der Waals surface area (Å²) in [6, 6.07) is 14.6. The zero-order valence-electron chi connectivity index (χ0n) is 39.5. The summed E-state index contributed by atoms with van der Waals surface area (Å²) in [7, 11) is 1.64. The van der Waals surface area contributed by atoms with E-state index in [-0.39, 0.29) is 45.7 Å². The van der Waals surface area contributed by atoms with Gasteiger partial charge in [0, 0.05) is 58.4 Å². The van der Waals surface area contributed by atoms with E-state index in [1.54, 1.807) is 25.7 Å². The molecule has 0 spiro atoms. The molecule has 9 heteroatoms. The zero-order valence-corrected chi connectivity index (χ0v) is 39.5. The van der Waals surface area contributed by atoms with Crippen LogP contribution < -0.4 is 4.74 Å². The van der Waals surface area contributed by atoms with Crippen LogP contribution in [0.1, 0.15) is 141 Å². The van der Waals surface area contributed by atoms with Gasteiger partial charge >= 0.3 is 5.97 Å². The number of aromatic hydroxyl groups is 2. The number of benzene rings is 3. The minimum Gasteiger partial charge on any atom is -0.507 e. The summed E-state index contributed by atoms with van der Waals surface area (Å²) >= 11 is 0. The lowest BCUT2D eigenvalue weighted by molar-refractivity contribution is -0.158. The number of fused-ring (bicyclic) bond motifs is 4. The molecule has 62 heavy (non-hydrogen) atoms. The summed E-state index contributed by atoms with van der Waals surface area (Å²) in [5.41, 5.74) is 5.38. The maximum Gasteiger partial charge on any atom is 0.333 e. The monoisotopic (exact) mass is 843 g/mol. The van der Waals surface area contributed by atoms with Gasteiger partial charge in [-0.3, -0.25) is 19.9 Å². The van der Waals surface area contributed by atoms with E-state index in [0.717, 1.165) is 64.7 Å². The molecule has 3 aliphatic heterocycles. The summed E-state index contributed by atoms with van der Waals surface area (Å²) < 4.78 is 12.4. The second-order valence-corrected chi connectivity index (χ2v) is 21.6. The van der Waals surface area contributed by atoms with Crippen LogP contribution in [0.15, 0.2) is 77.4 Å². The Morgan fingerprint density at radius 2 is 1.45 bits per heavy atom. The predicted molar refractivity (Wildman–Crippen MR) is 254 cm³/mol. The molecule has 0 amide bonds. The fourth-order valence-electron chi connectivity index (χ4n) is 8.89. The molecular weight excluding hydrogens is 773 g/mol. The molecule has 3 saturated heterocycles. The highest BCUT2D eigenvalue weighted by atomic mass is 16.5. The van der Waals surface area contributed by atoms with Crippen molar-refractivity contribution in [1.29, 1.82) is 0 Å². The van der Waals surface area contributed by atoms with Crippen LogP contribution in [0.2, 0.25) is 0 Å². The largest absolute Gasteiger partial charge is 0.507 e. The van der Waals surface area contributed by atoms with Crippen molar-refractivity contribution in [2.45, 2.75) is 136 Å². The van der Waals surface area contributed by atoms with Crippen molar-refractivity contribution < 1.29 is 24.5 Å². The number of nitrogens with zero attached hydrogens (tertiary/aromatic N) is 4. The van der Waals surface area contributed by atoms with Crippen LogP contribution in [-0.2, 0) is 31.2 Å². The Morgan fingerprint density at radius 1 is 0.855 bits per heavy atom. The molecule has 2 N–H and O–H groups in total. The Kier molecular flexibility index (Phi) is 13.2. The first kappa shape index (κ1) is 46.5. The SMILES string of the molecule is C=C[C@H]1CN2CC[C@H]1C[C@H]2[C@H](OC(=O)C(CN=Cc1cc(C(C)(C)C)cc(C(C)(C)C)c1O)N=Cc1cc(C(C)(C)C)cc(C(C)(C)C)c1O)c1ccnc2ccc(OC)cc12. The Morgan fingerprint density at radius 3 is 1.97 bits per heavy atom. The van der Waals surface area contributed by atoms with Gasteiger partial charge in [-0.2, -0.15) is 0 Å². The second kappa shape index (κ2) is 17.6. The van der Waals surface area contributed by atoms with E-state index in [1.807, 2.05) is 36.4 Å². The number of esters is 1. The molecule has 3 aliphatic rings.